The highest BCUT2D eigenvalue weighted by Crippen LogP contribution is 2.37. The summed E-state index contributed by atoms with van der Waals surface area (Å²) in [5.41, 5.74) is -1.12. The van der Waals surface area contributed by atoms with Gasteiger partial charge in [0.2, 0.25) is 10.0 Å². The van der Waals surface area contributed by atoms with Crippen molar-refractivity contribution in [1.82, 2.24) is 4.98 Å². The summed E-state index contributed by atoms with van der Waals surface area (Å²) < 4.78 is 95.6. The highest BCUT2D eigenvalue weighted by Gasteiger charge is 2.37. The molecule has 0 fully saturated rings. The molecule has 0 radical (unpaired) electrons. The Morgan fingerprint density at radius 3 is 2.33 bits per heavy atom. The molecule has 0 saturated carbocycles. The van der Waals surface area contributed by atoms with Crippen LogP contribution in [0, 0.1) is 0 Å². The van der Waals surface area contributed by atoms with Gasteiger partial charge in [0.15, 0.2) is 9.84 Å². The van der Waals surface area contributed by atoms with E-state index in [-0.39, 0.29) is 22.4 Å². The zero-order chi connectivity index (χ0) is 24.4. The molecular weight excluding hydrogens is 481 g/mol. The summed E-state index contributed by atoms with van der Waals surface area (Å²) in [4.78, 5) is 2.73. The van der Waals surface area contributed by atoms with Crippen LogP contribution >= 0.6 is 0 Å². The number of hydrogen-bond acceptors (Lipinski definition) is 6. The lowest BCUT2D eigenvalue weighted by atomic mass is 10.0. The van der Waals surface area contributed by atoms with Crippen molar-refractivity contribution >= 4 is 19.9 Å². The van der Waals surface area contributed by atoms with Crippen LogP contribution in [0.2, 0.25) is 0 Å². The van der Waals surface area contributed by atoms with E-state index in [0.717, 1.165) is 12.1 Å². The quantitative estimate of drug-likeness (QED) is 0.531. The second-order valence-corrected chi connectivity index (χ2v) is 10.7. The Hall–Kier alpha value is -2.96. The topological polar surface area (TPSA) is 116 Å². The number of nitrogens with two attached hydrogens (primary N) is 1. The van der Waals surface area contributed by atoms with Gasteiger partial charge < -0.3 is 4.74 Å². The average molecular weight is 501 g/mol. The number of sulfonamides is 1. The molecule has 0 bridgehead atoms. The van der Waals surface area contributed by atoms with Crippen LogP contribution in [0.3, 0.4) is 0 Å². The molecule has 12 heteroatoms. The van der Waals surface area contributed by atoms with E-state index in [0.29, 0.717) is 11.8 Å². The molecule has 1 atom stereocenters. The fourth-order valence-electron chi connectivity index (χ4n) is 3.29. The van der Waals surface area contributed by atoms with Crippen LogP contribution in [0.1, 0.15) is 21.9 Å². The van der Waals surface area contributed by atoms with Crippen molar-refractivity contribution in [2.75, 3.05) is 7.11 Å². The fraction of sp³-hybridized carbons (Fsp3) is 0.190. The fourth-order valence-corrected chi connectivity index (χ4v) is 5.89. The van der Waals surface area contributed by atoms with Crippen molar-refractivity contribution in [3.63, 3.8) is 0 Å². The molecule has 0 aliphatic heterocycles. The highest BCUT2D eigenvalue weighted by molar-refractivity contribution is 7.91. The Kier molecular flexibility index (Phi) is 6.82. The van der Waals surface area contributed by atoms with Crippen molar-refractivity contribution in [3.05, 3.63) is 83.7 Å². The lowest BCUT2D eigenvalue weighted by Crippen LogP contribution is -2.20. The number of ether oxygens (including phenoxy) is 1. The monoisotopic (exact) mass is 500 g/mol. The minimum absolute atomic E-state index is 0.0346. The summed E-state index contributed by atoms with van der Waals surface area (Å²) >= 11 is 0. The third-order valence-electron chi connectivity index (χ3n) is 4.88. The number of rotatable bonds is 7. The molecule has 1 heterocycles. The molecule has 0 saturated heterocycles. The smallest absolute Gasteiger partial charge is 0.417 e. The van der Waals surface area contributed by atoms with Gasteiger partial charge in [0.25, 0.3) is 0 Å². The van der Waals surface area contributed by atoms with E-state index in [2.05, 4.69) is 4.98 Å². The van der Waals surface area contributed by atoms with Gasteiger partial charge in [0, 0.05) is 12.4 Å². The van der Waals surface area contributed by atoms with Crippen LogP contribution in [-0.4, -0.2) is 28.9 Å². The van der Waals surface area contributed by atoms with Crippen LogP contribution in [0.4, 0.5) is 13.2 Å². The first-order valence-electron chi connectivity index (χ1n) is 9.35. The second kappa shape index (κ2) is 9.12. The highest BCUT2D eigenvalue weighted by atomic mass is 32.2. The molecule has 3 aromatic rings. The van der Waals surface area contributed by atoms with Crippen molar-refractivity contribution in [2.45, 2.75) is 27.6 Å². The predicted molar refractivity (Wildman–Crippen MR) is 114 cm³/mol. The van der Waals surface area contributed by atoms with E-state index in [1.807, 2.05) is 0 Å². The van der Waals surface area contributed by atoms with Gasteiger partial charge in [-0.1, -0.05) is 18.2 Å². The molecule has 176 valence electrons. The molecule has 2 aromatic carbocycles. The van der Waals surface area contributed by atoms with Crippen LogP contribution in [0.5, 0.6) is 5.75 Å². The predicted octanol–water partition coefficient (Wildman–Crippen LogP) is 3.51. The first kappa shape index (κ1) is 24.7. The zero-order valence-electron chi connectivity index (χ0n) is 17.2. The van der Waals surface area contributed by atoms with Gasteiger partial charge >= 0.3 is 6.18 Å². The number of sulfone groups is 1. The van der Waals surface area contributed by atoms with E-state index < -0.39 is 41.7 Å². The molecule has 0 aliphatic carbocycles. The van der Waals surface area contributed by atoms with Crippen LogP contribution < -0.4 is 9.88 Å². The summed E-state index contributed by atoms with van der Waals surface area (Å²) in [6, 6.07) is 11.1. The maximum atomic E-state index is 13.5. The van der Waals surface area contributed by atoms with Gasteiger partial charge in [-0.2, -0.15) is 13.2 Å². The molecule has 7 nitrogen and oxygen atoms in total. The molecule has 0 amide bonds. The van der Waals surface area contributed by atoms with E-state index in [1.165, 1.54) is 49.8 Å². The van der Waals surface area contributed by atoms with Crippen molar-refractivity contribution in [1.29, 1.82) is 0 Å². The first-order chi connectivity index (χ1) is 15.3. The van der Waals surface area contributed by atoms with Crippen molar-refractivity contribution in [2.24, 2.45) is 5.14 Å². The van der Waals surface area contributed by atoms with E-state index in [9.17, 15) is 30.0 Å². The number of alkyl halides is 3. The van der Waals surface area contributed by atoms with Gasteiger partial charge in [-0.3, -0.25) is 4.98 Å². The Bertz CT molecular complexity index is 1360. The van der Waals surface area contributed by atoms with Crippen molar-refractivity contribution < 1.29 is 34.7 Å². The van der Waals surface area contributed by atoms with Gasteiger partial charge in [0.1, 0.15) is 5.75 Å². The minimum atomic E-state index is -4.96. The van der Waals surface area contributed by atoms with E-state index in [1.54, 1.807) is 6.07 Å². The summed E-state index contributed by atoms with van der Waals surface area (Å²) in [6.07, 6.45) is -2.52. The standard InChI is InChI=1S/C21H19F3N2O5S2/c1-31-16-5-2-6-17(12-16)32(27,28)19(15-4-3-9-26-13-15)10-14-7-8-18(21(22,23)24)20(11-14)33(25,29)30/h2-9,11-13,19H,10H2,1H3,(H2,25,29,30). The molecule has 1 unspecified atom stereocenters. The maximum absolute atomic E-state index is 13.5. The lowest BCUT2D eigenvalue weighted by Gasteiger charge is -2.20. The molecule has 0 aliphatic rings. The number of primary sulfonamides is 1. The third-order valence-corrected chi connectivity index (χ3v) is 7.93. The molecule has 0 spiro atoms. The summed E-state index contributed by atoms with van der Waals surface area (Å²) in [5.74, 6) is 0.298. The lowest BCUT2D eigenvalue weighted by molar-refractivity contribution is -0.139. The summed E-state index contributed by atoms with van der Waals surface area (Å²) in [6.45, 7) is 0. The number of pyridine rings is 1. The van der Waals surface area contributed by atoms with E-state index >= 15 is 0 Å². The van der Waals surface area contributed by atoms with Gasteiger partial charge in [-0.15, -0.1) is 0 Å². The number of halogens is 3. The number of methoxy groups -OCH3 is 1. The summed E-state index contributed by atoms with van der Waals surface area (Å²) in [7, 11) is -7.45. The number of hydrogen-bond donors (Lipinski definition) is 1. The normalized spacial score (nSPS) is 13.5. The van der Waals surface area contributed by atoms with Gasteiger partial charge in [-0.05, 0) is 53.9 Å². The SMILES string of the molecule is COc1cccc(S(=O)(=O)C(Cc2ccc(C(F)(F)F)c(S(N)(=O)=O)c2)c2cccnc2)c1. The van der Waals surface area contributed by atoms with E-state index in [4.69, 9.17) is 9.88 Å². The second-order valence-electron chi connectivity index (χ2n) is 7.08. The first-order valence-corrected chi connectivity index (χ1v) is 12.4. The summed E-state index contributed by atoms with van der Waals surface area (Å²) in [5, 5.41) is 3.73. The molecular formula is C21H19F3N2O5S2. The Morgan fingerprint density at radius 1 is 1.03 bits per heavy atom. The molecule has 2 N–H and O–H groups in total. The molecule has 3 rings (SSSR count). The molecule has 33 heavy (non-hydrogen) atoms. The number of aromatic nitrogens is 1. The minimum Gasteiger partial charge on any atom is -0.497 e. The van der Waals surface area contributed by atoms with Crippen molar-refractivity contribution in [3.8, 4) is 5.75 Å². The molecule has 1 aromatic heterocycles. The Labute approximate surface area is 189 Å². The number of benzene rings is 2. The third kappa shape index (κ3) is 5.52. The van der Waals surface area contributed by atoms with Crippen LogP contribution in [0.25, 0.3) is 0 Å². The zero-order valence-corrected chi connectivity index (χ0v) is 18.8. The average Bonchev–Trinajstić information content (AvgIpc) is 2.76. The van der Waals surface area contributed by atoms with Crippen LogP contribution in [0.15, 0.2) is 76.8 Å². The van der Waals surface area contributed by atoms with Gasteiger partial charge in [0.05, 0.1) is 27.7 Å². The van der Waals surface area contributed by atoms with Crippen LogP contribution in [-0.2, 0) is 32.5 Å². The maximum Gasteiger partial charge on any atom is 0.417 e. The number of nitrogens with zero attached hydrogens (tertiary/aromatic N) is 1. The Morgan fingerprint density at radius 2 is 1.76 bits per heavy atom. The largest absolute Gasteiger partial charge is 0.497 e. The Balaban J connectivity index is 2.15. The van der Waals surface area contributed by atoms with Gasteiger partial charge in [-0.25, -0.2) is 22.0 Å².